The van der Waals surface area contributed by atoms with Gasteiger partial charge >= 0.3 is 0 Å². The van der Waals surface area contributed by atoms with Gasteiger partial charge in [-0.05, 0) is 40.5 Å². The third-order valence-corrected chi connectivity index (χ3v) is 3.91. The molecule has 1 N–H and O–H groups in total. The summed E-state index contributed by atoms with van der Waals surface area (Å²) >= 11 is 3.41. The molecule has 0 radical (unpaired) electrons. The van der Waals surface area contributed by atoms with Crippen LogP contribution in [0.5, 0.6) is 0 Å². The van der Waals surface area contributed by atoms with Gasteiger partial charge in [-0.1, -0.05) is 0 Å². The summed E-state index contributed by atoms with van der Waals surface area (Å²) in [6.45, 7) is 3.58. The van der Waals surface area contributed by atoms with E-state index in [0.717, 1.165) is 28.9 Å². The van der Waals surface area contributed by atoms with Crippen LogP contribution in [0.25, 0.3) is 0 Å². The number of hydrogen-bond donors (Lipinski definition) is 1. The van der Waals surface area contributed by atoms with E-state index in [0.29, 0.717) is 5.69 Å². The molecule has 21 heavy (non-hydrogen) atoms. The van der Waals surface area contributed by atoms with Gasteiger partial charge in [-0.3, -0.25) is 9.48 Å². The summed E-state index contributed by atoms with van der Waals surface area (Å²) in [5.74, 6) is 0.849. The predicted octanol–water partition coefficient (Wildman–Crippen LogP) is 1.50. The first-order chi connectivity index (χ1) is 10.0. The fraction of sp³-hybridized carbons (Fsp3) is 0.357. The summed E-state index contributed by atoms with van der Waals surface area (Å²) in [6, 6.07) is 3.90. The van der Waals surface area contributed by atoms with Gasteiger partial charge in [0.25, 0.3) is 5.91 Å². The highest BCUT2D eigenvalue weighted by atomic mass is 79.9. The average molecular weight is 350 g/mol. The van der Waals surface area contributed by atoms with Gasteiger partial charge < -0.3 is 10.2 Å². The van der Waals surface area contributed by atoms with Crippen molar-refractivity contribution >= 4 is 27.7 Å². The van der Waals surface area contributed by atoms with Crippen LogP contribution in [0.4, 0.5) is 5.82 Å². The molecule has 1 saturated heterocycles. The molecule has 1 fully saturated rings. The van der Waals surface area contributed by atoms with E-state index in [9.17, 15) is 4.79 Å². The molecule has 3 heterocycles. The third kappa shape index (κ3) is 2.92. The Morgan fingerprint density at radius 1 is 1.48 bits per heavy atom. The lowest BCUT2D eigenvalue weighted by molar-refractivity contribution is 0.0924. The highest BCUT2D eigenvalue weighted by Crippen LogP contribution is 2.24. The highest BCUT2D eigenvalue weighted by molar-refractivity contribution is 9.10. The smallest absolute Gasteiger partial charge is 0.272 e. The van der Waals surface area contributed by atoms with Crippen molar-refractivity contribution in [3.05, 3.63) is 40.3 Å². The summed E-state index contributed by atoms with van der Waals surface area (Å²) in [4.78, 5) is 18.6. The molecule has 1 aliphatic heterocycles. The SMILES string of the molecule is Cc1cc(Br)cnc1N1CC(NC(=O)c2ccn(C)n2)C1. The first kappa shape index (κ1) is 14.1. The van der Waals surface area contributed by atoms with E-state index in [2.05, 4.69) is 36.2 Å². The van der Waals surface area contributed by atoms with Crippen molar-refractivity contribution in [1.29, 1.82) is 0 Å². The van der Waals surface area contributed by atoms with Crippen LogP contribution in [0.2, 0.25) is 0 Å². The second kappa shape index (κ2) is 5.48. The Labute approximate surface area is 131 Å². The van der Waals surface area contributed by atoms with E-state index in [1.54, 1.807) is 30.2 Å². The van der Waals surface area contributed by atoms with E-state index in [1.165, 1.54) is 0 Å². The topological polar surface area (TPSA) is 63.1 Å². The van der Waals surface area contributed by atoms with E-state index in [1.807, 2.05) is 13.0 Å². The zero-order valence-corrected chi connectivity index (χ0v) is 13.5. The van der Waals surface area contributed by atoms with Crippen LogP contribution in [0.1, 0.15) is 16.1 Å². The number of aromatic nitrogens is 3. The van der Waals surface area contributed by atoms with Gasteiger partial charge in [0.15, 0.2) is 0 Å². The molecule has 0 aliphatic carbocycles. The molecule has 0 bridgehead atoms. The van der Waals surface area contributed by atoms with E-state index in [4.69, 9.17) is 0 Å². The second-order valence-corrected chi connectivity index (χ2v) is 6.16. The third-order valence-electron chi connectivity index (χ3n) is 3.48. The lowest BCUT2D eigenvalue weighted by Gasteiger charge is -2.40. The molecule has 0 aromatic carbocycles. The number of carbonyl (C=O) groups is 1. The standard InChI is InChI=1S/C14H16BrN5O/c1-9-5-10(15)6-16-13(9)20-7-11(8-20)17-14(21)12-3-4-19(2)18-12/h3-6,11H,7-8H2,1-2H3,(H,17,21). The summed E-state index contributed by atoms with van der Waals surface area (Å²) in [5, 5.41) is 7.08. The molecular formula is C14H16BrN5O. The minimum atomic E-state index is -0.124. The molecule has 0 saturated carbocycles. The zero-order chi connectivity index (χ0) is 15.0. The number of hydrogen-bond acceptors (Lipinski definition) is 4. The maximum atomic E-state index is 12.0. The number of aryl methyl sites for hydroxylation is 2. The van der Waals surface area contributed by atoms with Crippen LogP contribution in [0.15, 0.2) is 29.0 Å². The fourth-order valence-corrected chi connectivity index (χ4v) is 2.85. The molecule has 1 amide bonds. The van der Waals surface area contributed by atoms with Crippen molar-refractivity contribution in [1.82, 2.24) is 20.1 Å². The molecule has 2 aromatic heterocycles. The lowest BCUT2D eigenvalue weighted by atomic mass is 10.1. The molecule has 110 valence electrons. The van der Waals surface area contributed by atoms with Gasteiger partial charge in [0.1, 0.15) is 11.5 Å². The van der Waals surface area contributed by atoms with E-state index >= 15 is 0 Å². The van der Waals surface area contributed by atoms with Crippen molar-refractivity contribution in [3.63, 3.8) is 0 Å². The van der Waals surface area contributed by atoms with Crippen LogP contribution < -0.4 is 10.2 Å². The molecule has 7 heteroatoms. The van der Waals surface area contributed by atoms with Crippen molar-refractivity contribution in [2.75, 3.05) is 18.0 Å². The maximum Gasteiger partial charge on any atom is 0.272 e. The van der Waals surface area contributed by atoms with Gasteiger partial charge in [-0.15, -0.1) is 0 Å². The molecule has 0 spiro atoms. The summed E-state index contributed by atoms with van der Waals surface area (Å²) in [5.41, 5.74) is 1.58. The highest BCUT2D eigenvalue weighted by Gasteiger charge is 2.30. The van der Waals surface area contributed by atoms with Crippen LogP contribution in [-0.4, -0.2) is 39.8 Å². The van der Waals surface area contributed by atoms with Crippen LogP contribution >= 0.6 is 15.9 Å². The van der Waals surface area contributed by atoms with Crippen molar-refractivity contribution < 1.29 is 4.79 Å². The first-order valence-corrected chi connectivity index (χ1v) is 7.50. The Bertz CT molecular complexity index is 678. The summed E-state index contributed by atoms with van der Waals surface area (Å²) in [7, 11) is 1.80. The molecule has 0 atom stereocenters. The molecule has 6 nitrogen and oxygen atoms in total. The first-order valence-electron chi connectivity index (χ1n) is 6.70. The van der Waals surface area contributed by atoms with Gasteiger partial charge in [-0.2, -0.15) is 5.10 Å². The van der Waals surface area contributed by atoms with Crippen molar-refractivity contribution in [2.24, 2.45) is 7.05 Å². The fourth-order valence-electron chi connectivity index (χ4n) is 2.40. The monoisotopic (exact) mass is 349 g/mol. The van der Waals surface area contributed by atoms with Crippen LogP contribution in [-0.2, 0) is 7.05 Å². The lowest BCUT2D eigenvalue weighted by Crippen LogP contribution is -2.60. The average Bonchev–Trinajstić information content (AvgIpc) is 2.81. The Balaban J connectivity index is 1.57. The quantitative estimate of drug-likeness (QED) is 0.912. The maximum absolute atomic E-state index is 12.0. The number of rotatable bonds is 3. The molecule has 1 aliphatic rings. The predicted molar refractivity (Wildman–Crippen MR) is 83.3 cm³/mol. The van der Waals surface area contributed by atoms with Crippen LogP contribution in [0, 0.1) is 6.92 Å². The van der Waals surface area contributed by atoms with Gasteiger partial charge in [-0.25, -0.2) is 4.98 Å². The molecule has 3 rings (SSSR count). The van der Waals surface area contributed by atoms with Gasteiger partial charge in [0, 0.05) is 37.0 Å². The van der Waals surface area contributed by atoms with Crippen molar-refractivity contribution in [3.8, 4) is 0 Å². The Morgan fingerprint density at radius 2 is 2.24 bits per heavy atom. The van der Waals surface area contributed by atoms with Gasteiger partial charge in [0.05, 0.1) is 6.04 Å². The zero-order valence-electron chi connectivity index (χ0n) is 11.9. The number of nitrogens with one attached hydrogen (secondary N) is 1. The van der Waals surface area contributed by atoms with E-state index in [-0.39, 0.29) is 11.9 Å². The largest absolute Gasteiger partial charge is 0.352 e. The Hall–Kier alpha value is -1.89. The van der Waals surface area contributed by atoms with Crippen LogP contribution in [0.3, 0.4) is 0 Å². The molecular weight excluding hydrogens is 334 g/mol. The van der Waals surface area contributed by atoms with E-state index < -0.39 is 0 Å². The normalized spacial score (nSPS) is 14.9. The number of carbonyl (C=O) groups excluding carboxylic acids is 1. The number of anilines is 1. The Morgan fingerprint density at radius 3 is 2.86 bits per heavy atom. The van der Waals surface area contributed by atoms with Crippen molar-refractivity contribution in [2.45, 2.75) is 13.0 Å². The number of amides is 1. The number of halogens is 1. The molecule has 2 aromatic rings. The minimum Gasteiger partial charge on any atom is -0.352 e. The minimum absolute atomic E-state index is 0.124. The number of nitrogens with zero attached hydrogens (tertiary/aromatic N) is 4. The summed E-state index contributed by atoms with van der Waals surface area (Å²) in [6.07, 6.45) is 3.55. The number of pyridine rings is 1. The molecule has 0 unspecified atom stereocenters. The van der Waals surface area contributed by atoms with Gasteiger partial charge in [0.2, 0.25) is 0 Å². The summed E-state index contributed by atoms with van der Waals surface area (Å²) < 4.78 is 2.60. The second-order valence-electron chi connectivity index (χ2n) is 5.24. The Kier molecular flexibility index (Phi) is 3.67.